The van der Waals surface area contributed by atoms with Crippen LogP contribution in [-0.4, -0.2) is 27.9 Å². The van der Waals surface area contributed by atoms with E-state index in [2.05, 4.69) is 15.6 Å². The number of nitrogens with two attached hydrogens (primary N) is 1. The predicted molar refractivity (Wildman–Crippen MR) is 71.7 cm³/mol. The number of carbonyl (C=O) groups is 1. The Hall–Kier alpha value is -2.38. The summed E-state index contributed by atoms with van der Waals surface area (Å²) in [6.45, 7) is 5.37. The minimum Gasteiger partial charge on any atom is -0.378 e. The van der Waals surface area contributed by atoms with Gasteiger partial charge in [0.2, 0.25) is 11.7 Å². The molecule has 19 heavy (non-hydrogen) atoms. The maximum atomic E-state index is 11.7. The largest absolute Gasteiger partial charge is 0.378 e. The van der Waals surface area contributed by atoms with Crippen LogP contribution in [0.3, 0.4) is 0 Å². The molecule has 1 aromatic heterocycles. The van der Waals surface area contributed by atoms with Crippen molar-refractivity contribution in [2.24, 2.45) is 0 Å². The molecule has 0 spiro atoms. The summed E-state index contributed by atoms with van der Waals surface area (Å²) in [5.74, 6) is -0.0605. The zero-order chi connectivity index (χ0) is 14.6. The molecule has 1 amide bonds. The quantitative estimate of drug-likeness (QED) is 0.538. The molecule has 0 aliphatic rings. The van der Waals surface area contributed by atoms with Crippen LogP contribution in [0.4, 0.5) is 17.3 Å². The lowest BCUT2D eigenvalue weighted by Gasteiger charge is -2.16. The van der Waals surface area contributed by atoms with Gasteiger partial charge in [-0.05, 0) is 26.8 Å². The van der Waals surface area contributed by atoms with Crippen molar-refractivity contribution < 1.29 is 9.72 Å². The summed E-state index contributed by atoms with van der Waals surface area (Å²) in [6.07, 6.45) is 0. The molecule has 104 valence electrons. The average molecular weight is 267 g/mol. The summed E-state index contributed by atoms with van der Waals surface area (Å²) in [5.41, 5.74) is 5.20. The van der Waals surface area contributed by atoms with Crippen LogP contribution in [0, 0.1) is 10.1 Å². The first-order valence-corrected chi connectivity index (χ1v) is 5.79. The molecule has 1 rings (SSSR count). The zero-order valence-electron chi connectivity index (χ0n) is 11.0. The number of nitrogen functional groups attached to an aromatic ring is 1. The Labute approximate surface area is 110 Å². The molecular weight excluding hydrogens is 250 g/mol. The maximum Gasteiger partial charge on any atom is 0.311 e. The molecule has 0 saturated heterocycles. The predicted octanol–water partition coefficient (Wildman–Crippen LogP) is 0.897. The van der Waals surface area contributed by atoms with Gasteiger partial charge in [-0.15, -0.1) is 0 Å². The molecule has 0 aliphatic heterocycles. The first kappa shape index (κ1) is 14.7. The third-order valence-corrected chi connectivity index (χ3v) is 2.29. The van der Waals surface area contributed by atoms with E-state index >= 15 is 0 Å². The molecule has 1 heterocycles. The minimum atomic E-state index is -0.610. The SMILES string of the molecule is CC(C)NC(=O)C(C)Nc1ccc([N+](=O)[O-])c(N)n1. The lowest BCUT2D eigenvalue weighted by Crippen LogP contribution is -2.41. The van der Waals surface area contributed by atoms with Gasteiger partial charge in [-0.1, -0.05) is 0 Å². The molecule has 1 aromatic rings. The Bertz CT molecular complexity index is 489. The fourth-order valence-corrected chi connectivity index (χ4v) is 1.40. The van der Waals surface area contributed by atoms with Crippen LogP contribution >= 0.6 is 0 Å². The van der Waals surface area contributed by atoms with E-state index in [4.69, 9.17) is 5.73 Å². The Balaban J connectivity index is 2.75. The van der Waals surface area contributed by atoms with E-state index in [1.165, 1.54) is 12.1 Å². The zero-order valence-corrected chi connectivity index (χ0v) is 11.0. The lowest BCUT2D eigenvalue weighted by molar-refractivity contribution is -0.384. The summed E-state index contributed by atoms with van der Waals surface area (Å²) in [4.78, 5) is 25.5. The molecule has 1 atom stereocenters. The molecule has 0 saturated carbocycles. The second-order valence-corrected chi connectivity index (χ2v) is 4.39. The highest BCUT2D eigenvalue weighted by Gasteiger charge is 2.16. The Morgan fingerprint density at radius 2 is 2.05 bits per heavy atom. The number of rotatable bonds is 5. The fourth-order valence-electron chi connectivity index (χ4n) is 1.40. The normalized spacial score (nSPS) is 12.0. The number of carbonyl (C=O) groups excluding carboxylic acids is 1. The molecule has 0 radical (unpaired) electrons. The van der Waals surface area contributed by atoms with E-state index in [-0.39, 0.29) is 23.5 Å². The van der Waals surface area contributed by atoms with E-state index in [0.29, 0.717) is 5.82 Å². The third kappa shape index (κ3) is 4.09. The number of nitrogens with one attached hydrogen (secondary N) is 2. The molecular formula is C11H17N5O3. The number of hydrogen-bond donors (Lipinski definition) is 3. The van der Waals surface area contributed by atoms with Crippen LogP contribution < -0.4 is 16.4 Å². The van der Waals surface area contributed by atoms with Crippen molar-refractivity contribution in [3.8, 4) is 0 Å². The van der Waals surface area contributed by atoms with Gasteiger partial charge < -0.3 is 16.4 Å². The molecule has 0 aliphatic carbocycles. The van der Waals surface area contributed by atoms with Gasteiger partial charge in [0, 0.05) is 12.1 Å². The Morgan fingerprint density at radius 1 is 1.42 bits per heavy atom. The van der Waals surface area contributed by atoms with E-state index < -0.39 is 11.0 Å². The highest BCUT2D eigenvalue weighted by molar-refractivity contribution is 5.84. The van der Waals surface area contributed by atoms with Gasteiger partial charge in [-0.3, -0.25) is 14.9 Å². The van der Waals surface area contributed by atoms with E-state index in [9.17, 15) is 14.9 Å². The highest BCUT2D eigenvalue weighted by Crippen LogP contribution is 2.20. The summed E-state index contributed by atoms with van der Waals surface area (Å²) in [6, 6.07) is 2.17. The van der Waals surface area contributed by atoms with Crippen LogP contribution in [0.2, 0.25) is 0 Å². The Kier molecular flexibility index (Phi) is 4.62. The van der Waals surface area contributed by atoms with Crippen molar-refractivity contribution in [2.75, 3.05) is 11.1 Å². The summed E-state index contributed by atoms with van der Waals surface area (Å²) in [5, 5.41) is 16.2. The van der Waals surface area contributed by atoms with Crippen LogP contribution in [0.5, 0.6) is 0 Å². The molecule has 1 unspecified atom stereocenters. The topological polar surface area (TPSA) is 123 Å². The van der Waals surface area contributed by atoms with Gasteiger partial charge in [-0.25, -0.2) is 4.98 Å². The van der Waals surface area contributed by atoms with Crippen LogP contribution in [-0.2, 0) is 4.79 Å². The van der Waals surface area contributed by atoms with Gasteiger partial charge in [0.15, 0.2) is 0 Å². The third-order valence-electron chi connectivity index (χ3n) is 2.29. The standard InChI is InChI=1S/C11H17N5O3/c1-6(2)13-11(17)7(3)14-9-5-4-8(16(18)19)10(12)15-9/h4-7H,1-3H3,(H,13,17)(H3,12,14,15). The number of nitrogens with zero attached hydrogens (tertiary/aromatic N) is 2. The molecule has 8 nitrogen and oxygen atoms in total. The second-order valence-electron chi connectivity index (χ2n) is 4.39. The smallest absolute Gasteiger partial charge is 0.311 e. The van der Waals surface area contributed by atoms with Crippen molar-refractivity contribution in [1.29, 1.82) is 0 Å². The Morgan fingerprint density at radius 3 is 2.53 bits per heavy atom. The van der Waals surface area contributed by atoms with Crippen LogP contribution in [0.15, 0.2) is 12.1 Å². The number of hydrogen-bond acceptors (Lipinski definition) is 6. The van der Waals surface area contributed by atoms with E-state index in [0.717, 1.165) is 0 Å². The summed E-state index contributed by atoms with van der Waals surface area (Å²) < 4.78 is 0. The van der Waals surface area contributed by atoms with Crippen molar-refractivity contribution in [3.05, 3.63) is 22.2 Å². The highest BCUT2D eigenvalue weighted by atomic mass is 16.6. The molecule has 8 heteroatoms. The summed E-state index contributed by atoms with van der Waals surface area (Å²) >= 11 is 0. The van der Waals surface area contributed by atoms with Crippen LogP contribution in [0.1, 0.15) is 20.8 Å². The van der Waals surface area contributed by atoms with E-state index in [1.54, 1.807) is 6.92 Å². The van der Waals surface area contributed by atoms with Gasteiger partial charge in [0.05, 0.1) is 4.92 Å². The number of nitro groups is 1. The maximum absolute atomic E-state index is 11.7. The molecule has 4 N–H and O–H groups in total. The molecule has 0 fully saturated rings. The van der Waals surface area contributed by atoms with Crippen molar-refractivity contribution in [2.45, 2.75) is 32.9 Å². The first-order valence-electron chi connectivity index (χ1n) is 5.79. The molecule has 0 aromatic carbocycles. The summed E-state index contributed by atoms with van der Waals surface area (Å²) in [7, 11) is 0. The van der Waals surface area contributed by atoms with Gasteiger partial charge in [-0.2, -0.15) is 0 Å². The second kappa shape index (κ2) is 5.98. The van der Waals surface area contributed by atoms with Gasteiger partial charge in [0.25, 0.3) is 0 Å². The van der Waals surface area contributed by atoms with Gasteiger partial charge >= 0.3 is 5.69 Å². The van der Waals surface area contributed by atoms with E-state index in [1.807, 2.05) is 13.8 Å². The van der Waals surface area contributed by atoms with Crippen molar-refractivity contribution in [3.63, 3.8) is 0 Å². The number of pyridine rings is 1. The average Bonchev–Trinajstić information content (AvgIpc) is 2.27. The number of amides is 1. The molecule has 0 bridgehead atoms. The van der Waals surface area contributed by atoms with Crippen molar-refractivity contribution in [1.82, 2.24) is 10.3 Å². The number of aromatic nitrogens is 1. The van der Waals surface area contributed by atoms with Crippen LogP contribution in [0.25, 0.3) is 0 Å². The van der Waals surface area contributed by atoms with Crippen molar-refractivity contribution >= 4 is 23.2 Å². The van der Waals surface area contributed by atoms with Gasteiger partial charge in [0.1, 0.15) is 11.9 Å². The first-order chi connectivity index (χ1) is 8.81. The monoisotopic (exact) mass is 267 g/mol. The minimum absolute atomic E-state index is 0.0339. The fraction of sp³-hybridized carbons (Fsp3) is 0.455. The lowest BCUT2D eigenvalue weighted by atomic mass is 10.2. The number of anilines is 2.